The summed E-state index contributed by atoms with van der Waals surface area (Å²) in [6, 6.07) is 1.81. The van der Waals surface area contributed by atoms with Crippen LogP contribution in [0.2, 0.25) is 0 Å². The fourth-order valence-corrected chi connectivity index (χ4v) is 1.25. The Morgan fingerprint density at radius 1 is 1.55 bits per heavy atom. The normalized spacial score (nSPS) is 17.8. The number of nitrogens with zero attached hydrogens (tertiary/aromatic N) is 3. The standard InChI is InChI=1S/C7H9N3O/c11-7-3-1-5-9(7)10-6-2-4-8-10/h2,4,6H,1,3,5H2. The van der Waals surface area contributed by atoms with Crippen molar-refractivity contribution in [3.8, 4) is 0 Å². The van der Waals surface area contributed by atoms with E-state index in [1.807, 2.05) is 6.07 Å². The first-order chi connectivity index (χ1) is 5.38. The molecule has 0 atom stereocenters. The van der Waals surface area contributed by atoms with E-state index in [1.54, 1.807) is 22.2 Å². The molecule has 0 bridgehead atoms. The Bertz CT molecular complexity index is 255. The maximum Gasteiger partial charge on any atom is 0.242 e. The Labute approximate surface area is 64.4 Å². The number of hydrogen-bond donors (Lipinski definition) is 0. The van der Waals surface area contributed by atoms with Gasteiger partial charge in [0.25, 0.3) is 0 Å². The number of carbonyl (C=O) groups excluding carboxylic acids is 1. The van der Waals surface area contributed by atoms with Gasteiger partial charge in [0.05, 0.1) is 6.20 Å². The first-order valence-electron chi connectivity index (χ1n) is 3.68. The quantitative estimate of drug-likeness (QED) is 0.572. The fraction of sp³-hybridized carbons (Fsp3) is 0.429. The zero-order valence-electron chi connectivity index (χ0n) is 6.10. The second kappa shape index (κ2) is 2.38. The van der Waals surface area contributed by atoms with Crippen LogP contribution in [-0.2, 0) is 4.79 Å². The van der Waals surface area contributed by atoms with Gasteiger partial charge in [-0.25, -0.2) is 5.01 Å². The smallest absolute Gasteiger partial charge is 0.242 e. The molecule has 0 unspecified atom stereocenters. The van der Waals surface area contributed by atoms with Gasteiger partial charge >= 0.3 is 0 Å². The molecule has 1 fully saturated rings. The summed E-state index contributed by atoms with van der Waals surface area (Å²) < 4.78 is 0. The van der Waals surface area contributed by atoms with Gasteiger partial charge in [-0.05, 0) is 12.5 Å². The van der Waals surface area contributed by atoms with Gasteiger partial charge in [-0.2, -0.15) is 9.89 Å². The minimum atomic E-state index is 0.161. The van der Waals surface area contributed by atoms with Crippen LogP contribution < -0.4 is 5.01 Å². The zero-order chi connectivity index (χ0) is 7.68. The van der Waals surface area contributed by atoms with Crippen molar-refractivity contribution >= 4 is 5.91 Å². The van der Waals surface area contributed by atoms with Crippen LogP contribution >= 0.6 is 0 Å². The number of amides is 1. The predicted octanol–water partition coefficient (Wildman–Crippen LogP) is 0.142. The summed E-state index contributed by atoms with van der Waals surface area (Å²) in [4.78, 5) is 12.7. The molecule has 1 aromatic heterocycles. The van der Waals surface area contributed by atoms with Gasteiger partial charge < -0.3 is 0 Å². The van der Waals surface area contributed by atoms with Crippen LogP contribution in [0.15, 0.2) is 18.5 Å². The van der Waals surface area contributed by atoms with Crippen LogP contribution in [0.1, 0.15) is 12.8 Å². The van der Waals surface area contributed by atoms with Crippen molar-refractivity contribution < 1.29 is 4.79 Å². The average molecular weight is 151 g/mol. The monoisotopic (exact) mass is 151 g/mol. The Kier molecular flexibility index (Phi) is 1.38. The molecule has 1 aliphatic rings. The van der Waals surface area contributed by atoms with Gasteiger partial charge in [0, 0.05) is 19.2 Å². The predicted molar refractivity (Wildman–Crippen MR) is 39.6 cm³/mol. The van der Waals surface area contributed by atoms with Crippen LogP contribution in [-0.4, -0.2) is 22.3 Å². The molecule has 4 nitrogen and oxygen atoms in total. The molecule has 0 spiro atoms. The summed E-state index contributed by atoms with van der Waals surface area (Å²) in [6.45, 7) is 0.792. The Balaban J connectivity index is 2.23. The minimum absolute atomic E-state index is 0.161. The molecule has 1 aliphatic heterocycles. The summed E-state index contributed by atoms with van der Waals surface area (Å²) in [7, 11) is 0. The maximum absolute atomic E-state index is 11.1. The van der Waals surface area contributed by atoms with Gasteiger partial charge in [-0.15, -0.1) is 0 Å². The van der Waals surface area contributed by atoms with Crippen molar-refractivity contribution in [2.45, 2.75) is 12.8 Å². The van der Waals surface area contributed by atoms with Crippen molar-refractivity contribution in [1.29, 1.82) is 0 Å². The van der Waals surface area contributed by atoms with E-state index in [-0.39, 0.29) is 5.91 Å². The molecule has 0 saturated carbocycles. The molecule has 2 heterocycles. The number of hydrogen-bond acceptors (Lipinski definition) is 2. The van der Waals surface area contributed by atoms with Gasteiger partial charge in [-0.3, -0.25) is 4.79 Å². The van der Waals surface area contributed by atoms with Crippen molar-refractivity contribution in [3.63, 3.8) is 0 Å². The molecule has 1 aromatic rings. The Hall–Kier alpha value is -1.32. The molecular formula is C7H9N3O. The topological polar surface area (TPSA) is 38.1 Å². The number of rotatable bonds is 1. The van der Waals surface area contributed by atoms with Crippen LogP contribution in [0.5, 0.6) is 0 Å². The average Bonchev–Trinajstić information content (AvgIpc) is 2.55. The SMILES string of the molecule is O=C1CCCN1n1cccn1. The number of aromatic nitrogens is 2. The first-order valence-corrected chi connectivity index (χ1v) is 3.68. The minimum Gasteiger partial charge on any atom is -0.273 e. The molecule has 0 aliphatic carbocycles. The highest BCUT2D eigenvalue weighted by Crippen LogP contribution is 2.06. The van der Waals surface area contributed by atoms with E-state index in [9.17, 15) is 4.79 Å². The molecule has 58 valence electrons. The molecule has 11 heavy (non-hydrogen) atoms. The van der Waals surface area contributed by atoms with Crippen molar-refractivity contribution in [2.75, 3.05) is 11.6 Å². The summed E-state index contributed by atoms with van der Waals surface area (Å²) in [5.41, 5.74) is 0. The second-order valence-corrected chi connectivity index (χ2v) is 2.55. The second-order valence-electron chi connectivity index (χ2n) is 2.55. The van der Waals surface area contributed by atoms with Crippen molar-refractivity contribution in [3.05, 3.63) is 18.5 Å². The third-order valence-electron chi connectivity index (χ3n) is 1.79. The third kappa shape index (κ3) is 1.00. The molecule has 0 N–H and O–H groups in total. The largest absolute Gasteiger partial charge is 0.273 e. The summed E-state index contributed by atoms with van der Waals surface area (Å²) >= 11 is 0. The maximum atomic E-state index is 11.1. The van der Waals surface area contributed by atoms with Gasteiger partial charge in [0.1, 0.15) is 0 Å². The Morgan fingerprint density at radius 3 is 3.00 bits per heavy atom. The van der Waals surface area contributed by atoms with Crippen molar-refractivity contribution in [1.82, 2.24) is 9.89 Å². The lowest BCUT2D eigenvalue weighted by atomic mass is 10.4. The zero-order valence-corrected chi connectivity index (χ0v) is 6.10. The molecule has 1 saturated heterocycles. The van der Waals surface area contributed by atoms with Gasteiger partial charge in [-0.1, -0.05) is 0 Å². The van der Waals surface area contributed by atoms with Crippen molar-refractivity contribution in [2.24, 2.45) is 0 Å². The van der Waals surface area contributed by atoms with Crippen LogP contribution in [0, 0.1) is 0 Å². The van der Waals surface area contributed by atoms with Crippen LogP contribution in [0.4, 0.5) is 0 Å². The highest BCUT2D eigenvalue weighted by Gasteiger charge is 2.21. The van der Waals surface area contributed by atoms with E-state index in [2.05, 4.69) is 5.10 Å². The van der Waals surface area contributed by atoms with Gasteiger partial charge in [0.2, 0.25) is 5.91 Å². The van der Waals surface area contributed by atoms with E-state index in [0.717, 1.165) is 13.0 Å². The van der Waals surface area contributed by atoms with E-state index in [0.29, 0.717) is 6.42 Å². The van der Waals surface area contributed by atoms with Crippen LogP contribution in [0.3, 0.4) is 0 Å². The molecular weight excluding hydrogens is 142 g/mol. The summed E-state index contributed by atoms with van der Waals surface area (Å²) in [6.07, 6.45) is 5.05. The van der Waals surface area contributed by atoms with E-state index in [1.165, 1.54) is 0 Å². The van der Waals surface area contributed by atoms with E-state index in [4.69, 9.17) is 0 Å². The lowest BCUT2D eigenvalue weighted by molar-refractivity contribution is -0.118. The lowest BCUT2D eigenvalue weighted by Crippen LogP contribution is -2.35. The summed E-state index contributed by atoms with van der Waals surface area (Å²) in [5.74, 6) is 0.161. The van der Waals surface area contributed by atoms with Crippen LogP contribution in [0.25, 0.3) is 0 Å². The molecule has 1 amide bonds. The molecule has 0 radical (unpaired) electrons. The molecule has 2 rings (SSSR count). The third-order valence-corrected chi connectivity index (χ3v) is 1.79. The fourth-order valence-electron chi connectivity index (χ4n) is 1.25. The Morgan fingerprint density at radius 2 is 2.45 bits per heavy atom. The van der Waals surface area contributed by atoms with Gasteiger partial charge in [0.15, 0.2) is 0 Å². The van der Waals surface area contributed by atoms with E-state index < -0.39 is 0 Å². The molecule has 4 heteroatoms. The summed E-state index contributed by atoms with van der Waals surface area (Å²) in [5, 5.41) is 5.62. The molecule has 0 aromatic carbocycles. The lowest BCUT2D eigenvalue weighted by Gasteiger charge is -2.14. The number of carbonyl (C=O) groups is 1. The highest BCUT2D eigenvalue weighted by molar-refractivity contribution is 5.87. The van der Waals surface area contributed by atoms with E-state index >= 15 is 0 Å². The first kappa shape index (κ1) is 6.39. The highest BCUT2D eigenvalue weighted by atomic mass is 16.2.